The first-order valence-corrected chi connectivity index (χ1v) is 6.48. The number of rotatable bonds is 5. The van der Waals surface area contributed by atoms with E-state index in [0.29, 0.717) is 12.1 Å². The molecule has 0 amide bonds. The van der Waals surface area contributed by atoms with Gasteiger partial charge in [-0.1, -0.05) is 37.1 Å². The lowest BCUT2D eigenvalue weighted by molar-refractivity contribution is 0.437. The number of nitrogens with one attached hydrogen (secondary N) is 1. The summed E-state index contributed by atoms with van der Waals surface area (Å²) in [6.45, 7) is 6.78. The van der Waals surface area contributed by atoms with Crippen molar-refractivity contribution in [3.63, 3.8) is 0 Å². The van der Waals surface area contributed by atoms with Crippen molar-refractivity contribution in [3.05, 3.63) is 35.4 Å². The Morgan fingerprint density at radius 1 is 1.25 bits per heavy atom. The van der Waals surface area contributed by atoms with E-state index in [1.54, 1.807) is 0 Å². The van der Waals surface area contributed by atoms with Crippen LogP contribution in [0.4, 0.5) is 0 Å². The van der Waals surface area contributed by atoms with Crippen molar-refractivity contribution < 1.29 is 0 Å². The largest absolute Gasteiger partial charge is 0.308 e. The van der Waals surface area contributed by atoms with Crippen LogP contribution in [0.25, 0.3) is 0 Å². The summed E-state index contributed by atoms with van der Waals surface area (Å²) < 4.78 is 0. The molecule has 0 aromatic heterocycles. The summed E-state index contributed by atoms with van der Waals surface area (Å²) in [5.74, 6) is 1.01. The molecule has 1 heteroatoms. The lowest BCUT2D eigenvalue weighted by Gasteiger charge is -2.21. The van der Waals surface area contributed by atoms with Gasteiger partial charge in [0.05, 0.1) is 0 Å². The van der Waals surface area contributed by atoms with Crippen LogP contribution >= 0.6 is 0 Å². The lowest BCUT2D eigenvalue weighted by Crippen LogP contribution is -2.29. The molecule has 0 saturated heterocycles. The van der Waals surface area contributed by atoms with Crippen LogP contribution < -0.4 is 5.32 Å². The van der Waals surface area contributed by atoms with Gasteiger partial charge in [0.15, 0.2) is 0 Å². The highest BCUT2D eigenvalue weighted by atomic mass is 14.9. The predicted octanol–water partition coefficient (Wildman–Crippen LogP) is 3.83. The molecule has 1 aliphatic rings. The van der Waals surface area contributed by atoms with Gasteiger partial charge >= 0.3 is 0 Å². The van der Waals surface area contributed by atoms with Crippen LogP contribution in [0.15, 0.2) is 24.3 Å². The van der Waals surface area contributed by atoms with Crippen LogP contribution in [0.5, 0.6) is 0 Å². The van der Waals surface area contributed by atoms with Crippen LogP contribution in [-0.4, -0.2) is 6.04 Å². The van der Waals surface area contributed by atoms with Crippen molar-refractivity contribution in [3.8, 4) is 0 Å². The monoisotopic (exact) mass is 217 g/mol. The zero-order valence-electron chi connectivity index (χ0n) is 10.7. The number of aryl methyl sites for hydroxylation is 1. The number of hydrogen-bond acceptors (Lipinski definition) is 1. The molecule has 1 aromatic carbocycles. The highest BCUT2D eigenvalue weighted by Gasteiger charge is 2.24. The molecule has 0 aliphatic heterocycles. The zero-order chi connectivity index (χ0) is 11.5. The average molecular weight is 217 g/mol. The molecule has 2 rings (SSSR count). The topological polar surface area (TPSA) is 12.0 Å². The minimum atomic E-state index is 0.468. The van der Waals surface area contributed by atoms with Crippen molar-refractivity contribution in [2.75, 3.05) is 0 Å². The maximum Gasteiger partial charge on any atom is 0.0296 e. The van der Waals surface area contributed by atoms with Crippen molar-refractivity contribution in [1.82, 2.24) is 5.32 Å². The van der Waals surface area contributed by atoms with Crippen LogP contribution in [0, 0.1) is 12.8 Å². The third-order valence-corrected chi connectivity index (χ3v) is 3.57. The van der Waals surface area contributed by atoms with E-state index in [4.69, 9.17) is 0 Å². The summed E-state index contributed by atoms with van der Waals surface area (Å²) in [4.78, 5) is 0. The minimum Gasteiger partial charge on any atom is -0.308 e. The molecule has 1 fully saturated rings. The molecule has 1 nitrogen and oxygen atoms in total. The SMILES string of the molecule is Cc1ccccc1[C@H](C)NC(C)CC1CC1. The van der Waals surface area contributed by atoms with Gasteiger partial charge in [-0.05, 0) is 44.2 Å². The summed E-state index contributed by atoms with van der Waals surface area (Å²) in [5.41, 5.74) is 2.83. The fourth-order valence-corrected chi connectivity index (χ4v) is 2.51. The van der Waals surface area contributed by atoms with Gasteiger partial charge in [0.2, 0.25) is 0 Å². The Morgan fingerprint density at radius 3 is 2.56 bits per heavy atom. The first-order chi connectivity index (χ1) is 7.66. The van der Waals surface area contributed by atoms with Crippen molar-refractivity contribution in [2.45, 2.75) is 52.1 Å². The molecular weight excluding hydrogens is 194 g/mol. The number of hydrogen-bond donors (Lipinski definition) is 1. The number of benzene rings is 1. The van der Waals surface area contributed by atoms with Crippen LogP contribution in [-0.2, 0) is 0 Å². The van der Waals surface area contributed by atoms with Gasteiger partial charge in [-0.15, -0.1) is 0 Å². The lowest BCUT2D eigenvalue weighted by atomic mass is 10.0. The van der Waals surface area contributed by atoms with Crippen LogP contribution in [0.2, 0.25) is 0 Å². The van der Waals surface area contributed by atoms with Gasteiger partial charge in [-0.25, -0.2) is 0 Å². The molecular formula is C15H23N. The van der Waals surface area contributed by atoms with E-state index in [2.05, 4.69) is 50.4 Å². The Hall–Kier alpha value is -0.820. The zero-order valence-corrected chi connectivity index (χ0v) is 10.7. The van der Waals surface area contributed by atoms with Gasteiger partial charge in [0.25, 0.3) is 0 Å². The summed E-state index contributed by atoms with van der Waals surface area (Å²) in [6.07, 6.45) is 4.24. The standard InChI is InChI=1S/C15H23N/c1-11-6-4-5-7-15(11)13(3)16-12(2)10-14-8-9-14/h4-7,12-14,16H,8-10H2,1-3H3/t12?,13-/m0/s1. The molecule has 1 unspecified atom stereocenters. The van der Waals surface area contributed by atoms with E-state index >= 15 is 0 Å². The molecule has 1 N–H and O–H groups in total. The molecule has 2 atom stereocenters. The second kappa shape index (κ2) is 5.01. The van der Waals surface area contributed by atoms with E-state index in [9.17, 15) is 0 Å². The van der Waals surface area contributed by atoms with E-state index < -0.39 is 0 Å². The summed E-state index contributed by atoms with van der Waals surface area (Å²) in [7, 11) is 0. The molecule has 1 aliphatic carbocycles. The van der Waals surface area contributed by atoms with Crippen molar-refractivity contribution in [2.24, 2.45) is 5.92 Å². The quantitative estimate of drug-likeness (QED) is 0.790. The third kappa shape index (κ3) is 3.08. The minimum absolute atomic E-state index is 0.468. The molecule has 1 saturated carbocycles. The average Bonchev–Trinajstić information content (AvgIpc) is 3.01. The van der Waals surface area contributed by atoms with Gasteiger partial charge in [0.1, 0.15) is 0 Å². The molecule has 0 spiro atoms. The first-order valence-electron chi connectivity index (χ1n) is 6.48. The second-order valence-corrected chi connectivity index (χ2v) is 5.33. The molecule has 0 radical (unpaired) electrons. The van der Waals surface area contributed by atoms with Crippen LogP contribution in [0.3, 0.4) is 0 Å². The van der Waals surface area contributed by atoms with Gasteiger partial charge in [-0.2, -0.15) is 0 Å². The molecule has 0 bridgehead atoms. The van der Waals surface area contributed by atoms with E-state index in [-0.39, 0.29) is 0 Å². The molecule has 0 heterocycles. The summed E-state index contributed by atoms with van der Waals surface area (Å²) >= 11 is 0. The van der Waals surface area contributed by atoms with Gasteiger partial charge in [0, 0.05) is 12.1 Å². The van der Waals surface area contributed by atoms with Crippen molar-refractivity contribution >= 4 is 0 Å². The fourth-order valence-electron chi connectivity index (χ4n) is 2.51. The normalized spacial score (nSPS) is 19.4. The maximum absolute atomic E-state index is 3.71. The van der Waals surface area contributed by atoms with Crippen LogP contribution in [0.1, 0.15) is 50.3 Å². The summed E-state index contributed by atoms with van der Waals surface area (Å²) in [6, 6.07) is 9.78. The second-order valence-electron chi connectivity index (χ2n) is 5.33. The van der Waals surface area contributed by atoms with Gasteiger partial charge in [-0.3, -0.25) is 0 Å². The highest BCUT2D eigenvalue weighted by molar-refractivity contribution is 5.28. The Bertz CT molecular complexity index is 341. The first kappa shape index (κ1) is 11.7. The van der Waals surface area contributed by atoms with Crippen molar-refractivity contribution in [1.29, 1.82) is 0 Å². The Kier molecular flexibility index (Phi) is 3.65. The fraction of sp³-hybridized carbons (Fsp3) is 0.600. The summed E-state index contributed by atoms with van der Waals surface area (Å²) in [5, 5.41) is 3.71. The smallest absolute Gasteiger partial charge is 0.0296 e. The highest BCUT2D eigenvalue weighted by Crippen LogP contribution is 2.33. The molecule has 16 heavy (non-hydrogen) atoms. The van der Waals surface area contributed by atoms with Gasteiger partial charge < -0.3 is 5.32 Å². The maximum atomic E-state index is 3.71. The van der Waals surface area contributed by atoms with E-state index in [1.165, 1.54) is 30.4 Å². The Balaban J connectivity index is 1.91. The Labute approximate surface area is 99.3 Å². The molecule has 1 aromatic rings. The van der Waals surface area contributed by atoms with E-state index in [0.717, 1.165) is 5.92 Å². The molecule has 88 valence electrons. The predicted molar refractivity (Wildman–Crippen MR) is 69.5 cm³/mol. The Morgan fingerprint density at radius 2 is 1.94 bits per heavy atom. The third-order valence-electron chi connectivity index (χ3n) is 3.57. The van der Waals surface area contributed by atoms with E-state index in [1.807, 2.05) is 0 Å².